The van der Waals surface area contributed by atoms with Gasteiger partial charge in [0.2, 0.25) is 5.91 Å². The minimum atomic E-state index is 0.0415. The summed E-state index contributed by atoms with van der Waals surface area (Å²) < 4.78 is 0. The van der Waals surface area contributed by atoms with Crippen molar-refractivity contribution in [2.45, 2.75) is 13.3 Å². The normalized spacial score (nSPS) is 12.2. The first kappa shape index (κ1) is 11.2. The van der Waals surface area contributed by atoms with Crippen molar-refractivity contribution >= 4 is 5.91 Å². The molecule has 3 heteroatoms. The van der Waals surface area contributed by atoms with E-state index in [-0.39, 0.29) is 11.8 Å². The maximum Gasteiger partial charge on any atom is 0.224 e. The topological polar surface area (TPSA) is 41.1 Å². The summed E-state index contributed by atoms with van der Waals surface area (Å²) in [5.41, 5.74) is 0. The third kappa shape index (κ3) is 4.91. The van der Waals surface area contributed by atoms with Crippen molar-refractivity contribution in [2.75, 3.05) is 20.1 Å². The molecule has 0 saturated heterocycles. The Morgan fingerprint density at radius 1 is 1.67 bits per heavy atom. The van der Waals surface area contributed by atoms with Crippen LogP contribution in [0.15, 0.2) is 12.7 Å². The third-order valence-corrected chi connectivity index (χ3v) is 1.61. The molecule has 0 spiro atoms. The highest BCUT2D eigenvalue weighted by Crippen LogP contribution is 1.91. The van der Waals surface area contributed by atoms with E-state index in [1.807, 2.05) is 14.0 Å². The van der Waals surface area contributed by atoms with Gasteiger partial charge < -0.3 is 10.6 Å². The van der Waals surface area contributed by atoms with Gasteiger partial charge in [0.05, 0.1) is 0 Å². The summed E-state index contributed by atoms with van der Waals surface area (Å²) in [6, 6.07) is 0. The molecule has 12 heavy (non-hydrogen) atoms. The zero-order valence-electron chi connectivity index (χ0n) is 7.89. The molecular formula is C9H18N2O. The van der Waals surface area contributed by atoms with Crippen LogP contribution in [-0.2, 0) is 4.79 Å². The lowest BCUT2D eigenvalue weighted by atomic mass is 10.1. The van der Waals surface area contributed by atoms with Crippen molar-refractivity contribution in [3.05, 3.63) is 12.7 Å². The summed E-state index contributed by atoms with van der Waals surface area (Å²) in [7, 11) is 1.84. The summed E-state index contributed by atoms with van der Waals surface area (Å²) in [4.78, 5) is 11.2. The lowest BCUT2D eigenvalue weighted by molar-refractivity contribution is -0.124. The Hall–Kier alpha value is -0.830. The molecule has 1 amide bonds. The van der Waals surface area contributed by atoms with Gasteiger partial charge in [0.25, 0.3) is 0 Å². The average molecular weight is 170 g/mol. The van der Waals surface area contributed by atoms with Crippen LogP contribution < -0.4 is 10.6 Å². The van der Waals surface area contributed by atoms with Crippen LogP contribution >= 0.6 is 0 Å². The van der Waals surface area contributed by atoms with E-state index in [1.54, 1.807) is 6.08 Å². The SMILES string of the molecule is C=CCCNC(=O)C(C)CNC. The van der Waals surface area contributed by atoms with Gasteiger partial charge in [-0.2, -0.15) is 0 Å². The van der Waals surface area contributed by atoms with Crippen LogP contribution in [0.3, 0.4) is 0 Å². The minimum Gasteiger partial charge on any atom is -0.356 e. The van der Waals surface area contributed by atoms with Gasteiger partial charge in [-0.05, 0) is 13.5 Å². The molecule has 0 aromatic carbocycles. The molecule has 0 aromatic heterocycles. The highest BCUT2D eigenvalue weighted by molar-refractivity contribution is 5.78. The fourth-order valence-corrected chi connectivity index (χ4v) is 0.871. The van der Waals surface area contributed by atoms with Crippen LogP contribution in [0.1, 0.15) is 13.3 Å². The van der Waals surface area contributed by atoms with Gasteiger partial charge >= 0.3 is 0 Å². The van der Waals surface area contributed by atoms with Gasteiger partial charge in [0, 0.05) is 19.0 Å². The number of carbonyl (C=O) groups excluding carboxylic acids is 1. The highest BCUT2D eigenvalue weighted by Gasteiger charge is 2.09. The first-order chi connectivity index (χ1) is 5.72. The molecule has 0 rings (SSSR count). The van der Waals surface area contributed by atoms with Crippen LogP contribution in [-0.4, -0.2) is 26.0 Å². The Morgan fingerprint density at radius 2 is 2.33 bits per heavy atom. The largest absolute Gasteiger partial charge is 0.356 e. The maximum absolute atomic E-state index is 11.2. The first-order valence-electron chi connectivity index (χ1n) is 4.25. The van der Waals surface area contributed by atoms with Gasteiger partial charge in [0.1, 0.15) is 0 Å². The van der Waals surface area contributed by atoms with Crippen LogP contribution in [0.2, 0.25) is 0 Å². The average Bonchev–Trinajstić information content (AvgIpc) is 2.05. The fourth-order valence-electron chi connectivity index (χ4n) is 0.871. The number of rotatable bonds is 6. The molecule has 1 atom stereocenters. The number of amides is 1. The van der Waals surface area contributed by atoms with Crippen molar-refractivity contribution in [2.24, 2.45) is 5.92 Å². The van der Waals surface area contributed by atoms with Crippen molar-refractivity contribution in [3.63, 3.8) is 0 Å². The molecule has 0 aliphatic heterocycles. The standard InChI is InChI=1S/C9H18N2O/c1-4-5-6-11-9(12)8(2)7-10-3/h4,8,10H,1,5-7H2,2-3H3,(H,11,12). The molecule has 0 aliphatic carbocycles. The third-order valence-electron chi connectivity index (χ3n) is 1.61. The van der Waals surface area contributed by atoms with Crippen LogP contribution in [0.25, 0.3) is 0 Å². The lowest BCUT2D eigenvalue weighted by Gasteiger charge is -2.10. The van der Waals surface area contributed by atoms with Crippen molar-refractivity contribution in [1.29, 1.82) is 0 Å². The smallest absolute Gasteiger partial charge is 0.224 e. The summed E-state index contributed by atoms with van der Waals surface area (Å²) in [5, 5.41) is 5.78. The molecule has 0 heterocycles. The monoisotopic (exact) mass is 170 g/mol. The van der Waals surface area contributed by atoms with E-state index in [4.69, 9.17) is 0 Å². The Bertz CT molecular complexity index is 145. The van der Waals surface area contributed by atoms with Gasteiger partial charge in [-0.1, -0.05) is 13.0 Å². The zero-order valence-corrected chi connectivity index (χ0v) is 7.89. The van der Waals surface area contributed by atoms with Crippen molar-refractivity contribution in [3.8, 4) is 0 Å². The van der Waals surface area contributed by atoms with Crippen LogP contribution in [0.4, 0.5) is 0 Å². The summed E-state index contributed by atoms with van der Waals surface area (Å²) >= 11 is 0. The molecule has 70 valence electrons. The molecule has 3 nitrogen and oxygen atoms in total. The maximum atomic E-state index is 11.2. The van der Waals surface area contributed by atoms with E-state index in [2.05, 4.69) is 17.2 Å². The molecule has 0 bridgehead atoms. The first-order valence-corrected chi connectivity index (χ1v) is 4.25. The molecular weight excluding hydrogens is 152 g/mol. The Kier molecular flexibility index (Phi) is 6.38. The van der Waals surface area contributed by atoms with E-state index in [0.29, 0.717) is 6.54 Å². The number of hydrogen-bond donors (Lipinski definition) is 2. The molecule has 0 aliphatic rings. The molecule has 0 fully saturated rings. The predicted molar refractivity (Wildman–Crippen MR) is 50.9 cm³/mol. The van der Waals surface area contributed by atoms with E-state index >= 15 is 0 Å². The summed E-state index contributed by atoms with van der Waals surface area (Å²) in [6.45, 7) is 6.89. The fraction of sp³-hybridized carbons (Fsp3) is 0.667. The van der Waals surface area contributed by atoms with Crippen molar-refractivity contribution in [1.82, 2.24) is 10.6 Å². The second-order valence-corrected chi connectivity index (χ2v) is 2.83. The highest BCUT2D eigenvalue weighted by atomic mass is 16.1. The number of nitrogens with one attached hydrogen (secondary N) is 2. The number of hydrogen-bond acceptors (Lipinski definition) is 2. The predicted octanol–water partition coefficient (Wildman–Crippen LogP) is 0.534. The molecule has 0 aromatic rings. The Balaban J connectivity index is 3.49. The van der Waals surface area contributed by atoms with Gasteiger partial charge in [-0.25, -0.2) is 0 Å². The molecule has 1 unspecified atom stereocenters. The summed E-state index contributed by atoms with van der Waals surface area (Å²) in [6.07, 6.45) is 2.63. The van der Waals surface area contributed by atoms with E-state index < -0.39 is 0 Å². The Labute approximate surface area is 74.2 Å². The van der Waals surface area contributed by atoms with Gasteiger partial charge in [-0.3, -0.25) is 4.79 Å². The van der Waals surface area contributed by atoms with E-state index in [1.165, 1.54) is 0 Å². The van der Waals surface area contributed by atoms with Gasteiger partial charge in [0.15, 0.2) is 0 Å². The van der Waals surface area contributed by atoms with Gasteiger partial charge in [-0.15, -0.1) is 6.58 Å². The zero-order chi connectivity index (χ0) is 9.40. The molecule has 2 N–H and O–H groups in total. The summed E-state index contributed by atoms with van der Waals surface area (Å²) in [5.74, 6) is 0.144. The minimum absolute atomic E-state index is 0.0415. The number of carbonyl (C=O) groups is 1. The Morgan fingerprint density at radius 3 is 2.83 bits per heavy atom. The second kappa shape index (κ2) is 6.85. The lowest BCUT2D eigenvalue weighted by Crippen LogP contribution is -2.34. The quantitative estimate of drug-likeness (QED) is 0.451. The van der Waals surface area contributed by atoms with Crippen LogP contribution in [0.5, 0.6) is 0 Å². The van der Waals surface area contributed by atoms with E-state index in [0.717, 1.165) is 13.0 Å². The van der Waals surface area contributed by atoms with Crippen LogP contribution in [0, 0.1) is 5.92 Å². The molecule has 0 radical (unpaired) electrons. The second-order valence-electron chi connectivity index (χ2n) is 2.83. The van der Waals surface area contributed by atoms with Crippen molar-refractivity contribution < 1.29 is 4.79 Å². The molecule has 0 saturated carbocycles. The van der Waals surface area contributed by atoms with E-state index in [9.17, 15) is 4.79 Å².